The third-order valence-electron chi connectivity index (χ3n) is 6.65. The predicted molar refractivity (Wildman–Crippen MR) is 158 cm³/mol. The van der Waals surface area contributed by atoms with Gasteiger partial charge in [0.1, 0.15) is 28.7 Å². The summed E-state index contributed by atoms with van der Waals surface area (Å²) in [5.41, 5.74) is 5.78. The maximum absolute atomic E-state index is 14.9. The Morgan fingerprint density at radius 2 is 1.73 bits per heavy atom. The fourth-order valence-electron chi connectivity index (χ4n) is 4.57. The van der Waals surface area contributed by atoms with Crippen LogP contribution in [0.1, 0.15) is 43.5 Å². The van der Waals surface area contributed by atoms with E-state index in [0.29, 0.717) is 22.9 Å². The van der Waals surface area contributed by atoms with E-state index in [0.717, 1.165) is 40.0 Å². The summed E-state index contributed by atoms with van der Waals surface area (Å²) in [5, 5.41) is 4.16. The van der Waals surface area contributed by atoms with Gasteiger partial charge in [-0.1, -0.05) is 54.7 Å². The molecule has 12 heteroatoms. The number of methoxy groups -OCH3 is 1. The van der Waals surface area contributed by atoms with Gasteiger partial charge in [-0.3, -0.25) is 4.79 Å². The van der Waals surface area contributed by atoms with E-state index in [2.05, 4.69) is 11.7 Å². The summed E-state index contributed by atoms with van der Waals surface area (Å²) in [6, 6.07) is 19.5. The lowest BCUT2D eigenvalue weighted by Gasteiger charge is -2.25. The lowest BCUT2D eigenvalue weighted by molar-refractivity contribution is -0.138. The van der Waals surface area contributed by atoms with E-state index in [4.69, 9.17) is 15.2 Å². The summed E-state index contributed by atoms with van der Waals surface area (Å²) in [6.45, 7) is 3.83. The van der Waals surface area contributed by atoms with E-state index >= 15 is 0 Å². The standard InChI is InChI=1S/C32H24F5N3O3S/c1-18(38)21-7-3-6-19(16-21)17-43-26-11-4-8-23(28(26)42-2)31-40(39-29(44-31)20-12-14-22(33)15-13-20)30(41)27-24(32(35,36)37)9-5-10-25(27)34/h3-16,31H,1,17,38H2,2H3. The van der Waals surface area contributed by atoms with Crippen LogP contribution in [-0.4, -0.2) is 23.1 Å². The van der Waals surface area contributed by atoms with Gasteiger partial charge in [-0.05, 0) is 59.7 Å². The second-order valence-corrected chi connectivity index (χ2v) is 10.7. The van der Waals surface area contributed by atoms with Crippen molar-refractivity contribution in [1.29, 1.82) is 0 Å². The molecule has 1 aliphatic rings. The zero-order chi connectivity index (χ0) is 31.6. The molecule has 1 amide bonds. The third-order valence-corrected chi connectivity index (χ3v) is 7.87. The number of hydrogen-bond acceptors (Lipinski definition) is 6. The monoisotopic (exact) mass is 625 g/mol. The Bertz CT molecular complexity index is 1760. The number of hydrazone groups is 1. The van der Waals surface area contributed by atoms with Crippen LogP contribution in [0.25, 0.3) is 5.70 Å². The Morgan fingerprint density at radius 1 is 1.02 bits per heavy atom. The maximum atomic E-state index is 14.9. The van der Waals surface area contributed by atoms with Gasteiger partial charge in [0.25, 0.3) is 5.91 Å². The smallest absolute Gasteiger partial charge is 0.417 e. The van der Waals surface area contributed by atoms with Crippen molar-refractivity contribution in [2.45, 2.75) is 18.2 Å². The van der Waals surface area contributed by atoms with Crippen LogP contribution in [-0.2, 0) is 12.8 Å². The fraction of sp³-hybridized carbons (Fsp3) is 0.125. The number of thioether (sulfide) groups is 1. The number of ether oxygens (including phenoxy) is 2. The molecule has 0 saturated heterocycles. The summed E-state index contributed by atoms with van der Waals surface area (Å²) in [6.07, 6.45) is -5.02. The largest absolute Gasteiger partial charge is 0.492 e. The molecule has 44 heavy (non-hydrogen) atoms. The summed E-state index contributed by atoms with van der Waals surface area (Å²) in [4.78, 5) is 13.7. The number of alkyl halides is 3. The number of rotatable bonds is 8. The van der Waals surface area contributed by atoms with Gasteiger partial charge >= 0.3 is 6.18 Å². The highest BCUT2D eigenvalue weighted by Gasteiger charge is 2.42. The van der Waals surface area contributed by atoms with Crippen LogP contribution in [0.2, 0.25) is 0 Å². The first-order valence-corrected chi connectivity index (χ1v) is 13.9. The van der Waals surface area contributed by atoms with Gasteiger partial charge in [-0.15, -0.1) is 0 Å². The average Bonchev–Trinajstić information content (AvgIpc) is 3.44. The number of para-hydroxylation sites is 1. The van der Waals surface area contributed by atoms with Gasteiger partial charge in [0.15, 0.2) is 11.5 Å². The zero-order valence-electron chi connectivity index (χ0n) is 23.1. The summed E-state index contributed by atoms with van der Waals surface area (Å²) >= 11 is 1.00. The number of hydrogen-bond donors (Lipinski definition) is 1. The van der Waals surface area contributed by atoms with Crippen LogP contribution < -0.4 is 15.2 Å². The van der Waals surface area contributed by atoms with Crippen molar-refractivity contribution >= 4 is 28.4 Å². The lowest BCUT2D eigenvalue weighted by Crippen LogP contribution is -2.29. The van der Waals surface area contributed by atoms with E-state index < -0.39 is 40.2 Å². The molecule has 4 aromatic carbocycles. The Balaban J connectivity index is 1.56. The average molecular weight is 626 g/mol. The number of halogens is 5. The number of amides is 1. The van der Waals surface area contributed by atoms with Crippen LogP contribution in [0.5, 0.6) is 11.5 Å². The lowest BCUT2D eigenvalue weighted by atomic mass is 10.0. The van der Waals surface area contributed by atoms with Crippen molar-refractivity contribution in [2.24, 2.45) is 10.8 Å². The second-order valence-electron chi connectivity index (χ2n) is 9.59. The van der Waals surface area contributed by atoms with Gasteiger partial charge in [0.2, 0.25) is 0 Å². The van der Waals surface area contributed by atoms with Gasteiger partial charge in [0, 0.05) is 16.8 Å². The predicted octanol–water partition coefficient (Wildman–Crippen LogP) is 7.75. The van der Waals surface area contributed by atoms with Crippen LogP contribution in [0.4, 0.5) is 22.0 Å². The first-order chi connectivity index (χ1) is 21.0. The molecular weight excluding hydrogens is 601 g/mol. The van der Waals surface area contributed by atoms with E-state index in [1.165, 1.54) is 31.4 Å². The number of benzene rings is 4. The Labute approximate surface area is 253 Å². The molecule has 4 aromatic rings. The molecule has 0 aromatic heterocycles. The molecule has 1 heterocycles. The molecule has 0 saturated carbocycles. The molecule has 0 aliphatic carbocycles. The Hall–Kier alpha value is -4.84. The summed E-state index contributed by atoms with van der Waals surface area (Å²) in [7, 11) is 1.37. The molecule has 5 rings (SSSR count). The molecular formula is C32H24F5N3O3S. The molecule has 1 aliphatic heterocycles. The van der Waals surface area contributed by atoms with E-state index in [9.17, 15) is 26.7 Å². The van der Waals surface area contributed by atoms with Gasteiger partial charge in [0.05, 0.1) is 18.2 Å². The van der Waals surface area contributed by atoms with Crippen molar-refractivity contribution in [1.82, 2.24) is 5.01 Å². The Kier molecular flexibility index (Phi) is 8.63. The first-order valence-electron chi connectivity index (χ1n) is 13.0. The van der Waals surface area contributed by atoms with Crippen LogP contribution >= 0.6 is 11.8 Å². The molecule has 0 bridgehead atoms. The molecule has 226 valence electrons. The van der Waals surface area contributed by atoms with E-state index in [1.54, 1.807) is 36.4 Å². The number of carbonyl (C=O) groups is 1. The molecule has 6 nitrogen and oxygen atoms in total. The van der Waals surface area contributed by atoms with Crippen LogP contribution in [0.15, 0.2) is 96.6 Å². The fourth-order valence-corrected chi connectivity index (χ4v) is 5.74. The zero-order valence-corrected chi connectivity index (χ0v) is 23.9. The second kappa shape index (κ2) is 12.4. The molecule has 1 atom stereocenters. The van der Waals surface area contributed by atoms with E-state index in [-0.39, 0.29) is 23.1 Å². The van der Waals surface area contributed by atoms with Crippen molar-refractivity contribution < 1.29 is 36.2 Å². The third kappa shape index (κ3) is 6.25. The molecule has 0 radical (unpaired) electrons. The normalized spacial score (nSPS) is 14.7. The van der Waals surface area contributed by atoms with Crippen molar-refractivity contribution in [3.8, 4) is 11.5 Å². The summed E-state index contributed by atoms with van der Waals surface area (Å²) < 4.78 is 81.9. The van der Waals surface area contributed by atoms with Gasteiger partial charge in [-0.2, -0.15) is 18.3 Å². The van der Waals surface area contributed by atoms with Crippen LogP contribution in [0, 0.1) is 11.6 Å². The minimum absolute atomic E-state index is 0.100. The molecule has 1 unspecified atom stereocenters. The minimum Gasteiger partial charge on any atom is -0.492 e. The van der Waals surface area contributed by atoms with Crippen LogP contribution in [0.3, 0.4) is 0 Å². The number of nitrogens with two attached hydrogens (primary N) is 1. The quantitative estimate of drug-likeness (QED) is 0.203. The van der Waals surface area contributed by atoms with Gasteiger partial charge < -0.3 is 15.2 Å². The number of nitrogens with zero attached hydrogens (tertiary/aromatic N) is 2. The first kappa shape index (κ1) is 30.6. The van der Waals surface area contributed by atoms with E-state index in [1.807, 2.05) is 6.07 Å². The van der Waals surface area contributed by atoms with Crippen molar-refractivity contribution in [3.63, 3.8) is 0 Å². The van der Waals surface area contributed by atoms with Gasteiger partial charge in [-0.25, -0.2) is 13.8 Å². The highest BCUT2D eigenvalue weighted by molar-refractivity contribution is 8.14. The van der Waals surface area contributed by atoms with Crippen molar-refractivity contribution in [2.75, 3.05) is 7.11 Å². The topological polar surface area (TPSA) is 77.2 Å². The molecule has 2 N–H and O–H groups in total. The van der Waals surface area contributed by atoms with Crippen molar-refractivity contribution in [3.05, 3.63) is 137 Å². The highest BCUT2D eigenvalue weighted by Crippen LogP contribution is 2.48. The molecule has 0 spiro atoms. The highest BCUT2D eigenvalue weighted by atomic mass is 32.2. The SMILES string of the molecule is C=C(N)c1cccc(COc2cccc(C3SC(c4ccc(F)cc4)=NN3C(=O)c3c(F)cccc3C(F)(F)F)c2OC)c1. The Morgan fingerprint density at radius 3 is 2.41 bits per heavy atom. The maximum Gasteiger partial charge on any atom is 0.417 e. The summed E-state index contributed by atoms with van der Waals surface area (Å²) in [5.74, 6) is -2.74. The molecule has 0 fully saturated rings. The number of carbonyl (C=O) groups excluding carboxylic acids is 1. The minimum atomic E-state index is -5.02.